The Kier molecular flexibility index (Phi) is 7.25. The molecule has 10 heteroatoms. The van der Waals surface area contributed by atoms with Gasteiger partial charge in [0.25, 0.3) is 11.8 Å². The van der Waals surface area contributed by atoms with Crippen LogP contribution in [0.5, 0.6) is 5.88 Å². The predicted octanol–water partition coefficient (Wildman–Crippen LogP) is 3.87. The van der Waals surface area contributed by atoms with Crippen LogP contribution in [0.25, 0.3) is 0 Å². The van der Waals surface area contributed by atoms with Crippen molar-refractivity contribution in [3.63, 3.8) is 0 Å². The summed E-state index contributed by atoms with van der Waals surface area (Å²) in [6.45, 7) is 2.87. The average molecular weight is 520 g/mol. The fourth-order valence-electron chi connectivity index (χ4n) is 6.87. The molecule has 0 aromatic carbocycles. The number of hydrogen-bond acceptors (Lipinski definition) is 7. The zero-order chi connectivity index (χ0) is 25.4. The van der Waals surface area contributed by atoms with Crippen molar-refractivity contribution in [1.29, 1.82) is 0 Å². The maximum atomic E-state index is 13.5. The topological polar surface area (TPSA) is 131 Å². The van der Waals surface area contributed by atoms with Gasteiger partial charge in [-0.05, 0) is 87.6 Å². The molecule has 5 aliphatic rings. The molecular weight excluding hydrogens is 482 g/mol. The van der Waals surface area contributed by atoms with Crippen molar-refractivity contribution in [1.82, 2.24) is 15.8 Å². The maximum absolute atomic E-state index is 13.5. The highest BCUT2D eigenvalue weighted by atomic mass is 32.2. The number of rotatable bonds is 10. The van der Waals surface area contributed by atoms with Crippen LogP contribution in [0.1, 0.15) is 82.2 Å². The Morgan fingerprint density at radius 2 is 1.72 bits per heavy atom. The number of aromatic nitrogens is 1. The fraction of sp³-hybridized carbons (Fsp3) is 0.769. The first-order valence-electron chi connectivity index (χ1n) is 13.3. The van der Waals surface area contributed by atoms with E-state index in [4.69, 9.17) is 14.4 Å². The highest BCUT2D eigenvalue weighted by Crippen LogP contribution is 2.54. The summed E-state index contributed by atoms with van der Waals surface area (Å²) >= 11 is 1.58. The van der Waals surface area contributed by atoms with E-state index in [2.05, 4.69) is 15.8 Å². The molecule has 0 saturated heterocycles. The minimum Gasteiger partial charge on any atom is -0.480 e. The molecule has 0 atom stereocenters. The summed E-state index contributed by atoms with van der Waals surface area (Å²) in [6.07, 6.45) is 10.7. The number of hydrogen-bond donors (Lipinski definition) is 3. The molecule has 198 valence electrons. The summed E-state index contributed by atoms with van der Waals surface area (Å²) in [7, 11) is 0. The van der Waals surface area contributed by atoms with Gasteiger partial charge in [0.05, 0.1) is 5.41 Å². The van der Waals surface area contributed by atoms with Crippen LogP contribution in [0.15, 0.2) is 9.42 Å². The lowest BCUT2D eigenvalue weighted by molar-refractivity contribution is -0.140. The lowest BCUT2D eigenvalue weighted by Crippen LogP contribution is -2.55. The van der Waals surface area contributed by atoms with E-state index in [0.29, 0.717) is 22.0 Å². The summed E-state index contributed by atoms with van der Waals surface area (Å²) in [5.74, 6) is 1.42. The third-order valence-electron chi connectivity index (χ3n) is 8.52. The van der Waals surface area contributed by atoms with Crippen molar-refractivity contribution in [2.24, 2.45) is 29.1 Å². The first-order valence-corrected chi connectivity index (χ1v) is 14.2. The molecule has 0 unspecified atom stereocenters. The normalized spacial score (nSPS) is 29.3. The third kappa shape index (κ3) is 5.38. The van der Waals surface area contributed by atoms with Crippen molar-refractivity contribution < 1.29 is 28.8 Å². The van der Waals surface area contributed by atoms with Gasteiger partial charge in [-0.1, -0.05) is 12.8 Å². The number of carbonyl (C=O) groups excluding carboxylic acids is 2. The van der Waals surface area contributed by atoms with E-state index in [1.165, 1.54) is 32.1 Å². The van der Waals surface area contributed by atoms with Gasteiger partial charge in [0.2, 0.25) is 11.7 Å². The highest BCUT2D eigenvalue weighted by molar-refractivity contribution is 8.00. The Hall–Kier alpha value is -2.23. The summed E-state index contributed by atoms with van der Waals surface area (Å²) in [5, 5.41) is 19.0. The predicted molar refractivity (Wildman–Crippen MR) is 133 cm³/mol. The van der Waals surface area contributed by atoms with Crippen molar-refractivity contribution in [3.8, 4) is 5.88 Å². The number of thioether (sulfide) groups is 1. The molecule has 36 heavy (non-hydrogen) atoms. The van der Waals surface area contributed by atoms with E-state index in [-0.39, 0.29) is 30.2 Å². The molecule has 4 bridgehead atoms. The zero-order valence-corrected chi connectivity index (χ0v) is 21.9. The van der Waals surface area contributed by atoms with Crippen LogP contribution in [-0.4, -0.2) is 52.5 Å². The number of carbonyl (C=O) groups is 3. The monoisotopic (exact) mass is 519 g/mol. The number of ether oxygens (including phenoxy) is 1. The van der Waals surface area contributed by atoms with E-state index in [9.17, 15) is 14.4 Å². The van der Waals surface area contributed by atoms with Gasteiger partial charge in [-0.2, -0.15) is 0 Å². The SMILES string of the molecule is CC(C)(COc1noc(C(=O)NC2C3CC4CC(C3)CC2C4)c1SC1CCCC1)C(=O)NCC(=O)O. The third-order valence-corrected chi connectivity index (χ3v) is 9.92. The number of carboxylic acids is 1. The Morgan fingerprint density at radius 1 is 1.08 bits per heavy atom. The van der Waals surface area contributed by atoms with Crippen molar-refractivity contribution in [2.75, 3.05) is 13.2 Å². The van der Waals surface area contributed by atoms with Crippen molar-refractivity contribution in [2.45, 2.75) is 87.8 Å². The molecule has 1 aromatic rings. The van der Waals surface area contributed by atoms with Gasteiger partial charge < -0.3 is 25.0 Å². The van der Waals surface area contributed by atoms with E-state index in [0.717, 1.165) is 37.5 Å². The molecule has 5 aliphatic carbocycles. The molecule has 3 N–H and O–H groups in total. The summed E-state index contributed by atoms with van der Waals surface area (Å²) in [5.41, 5.74) is -0.994. The zero-order valence-electron chi connectivity index (χ0n) is 21.1. The van der Waals surface area contributed by atoms with E-state index in [1.807, 2.05) is 0 Å². The van der Waals surface area contributed by atoms with Crippen LogP contribution >= 0.6 is 11.8 Å². The van der Waals surface area contributed by atoms with Gasteiger partial charge in [0.15, 0.2) is 0 Å². The summed E-state index contributed by atoms with van der Waals surface area (Å²) in [4.78, 5) is 37.3. The second-order valence-electron chi connectivity index (χ2n) is 11.8. The second kappa shape index (κ2) is 10.3. The molecule has 1 aromatic heterocycles. The molecule has 0 spiro atoms. The largest absolute Gasteiger partial charge is 0.480 e. The number of nitrogens with one attached hydrogen (secondary N) is 2. The summed E-state index contributed by atoms with van der Waals surface area (Å²) < 4.78 is 11.5. The number of amides is 2. The molecule has 5 fully saturated rings. The van der Waals surface area contributed by atoms with Crippen LogP contribution in [0, 0.1) is 29.1 Å². The molecule has 2 amide bonds. The molecular formula is C26H37N3O6S. The first-order chi connectivity index (χ1) is 17.2. The quantitative estimate of drug-likeness (QED) is 0.425. The van der Waals surface area contributed by atoms with Gasteiger partial charge >= 0.3 is 5.97 Å². The highest BCUT2D eigenvalue weighted by Gasteiger charge is 2.49. The minimum atomic E-state index is -1.11. The van der Waals surface area contributed by atoms with Gasteiger partial charge in [0, 0.05) is 11.3 Å². The molecule has 5 saturated carbocycles. The lowest BCUT2D eigenvalue weighted by Gasteiger charge is -2.54. The maximum Gasteiger partial charge on any atom is 0.322 e. The van der Waals surface area contributed by atoms with Gasteiger partial charge in [-0.25, -0.2) is 0 Å². The van der Waals surface area contributed by atoms with E-state index >= 15 is 0 Å². The Morgan fingerprint density at radius 3 is 2.33 bits per heavy atom. The Bertz CT molecular complexity index is 974. The number of carboxylic acid groups (broad SMARTS) is 1. The fourth-order valence-corrected chi connectivity index (χ4v) is 8.20. The molecule has 6 rings (SSSR count). The van der Waals surface area contributed by atoms with Crippen LogP contribution in [0.4, 0.5) is 0 Å². The van der Waals surface area contributed by atoms with Crippen LogP contribution in [0.3, 0.4) is 0 Å². The number of aliphatic carboxylic acids is 1. The molecule has 0 radical (unpaired) electrons. The van der Waals surface area contributed by atoms with E-state index in [1.54, 1.807) is 25.6 Å². The second-order valence-corrected chi connectivity index (χ2v) is 13.2. The van der Waals surface area contributed by atoms with Crippen molar-refractivity contribution >= 4 is 29.5 Å². The van der Waals surface area contributed by atoms with Gasteiger partial charge in [-0.15, -0.1) is 11.8 Å². The lowest BCUT2D eigenvalue weighted by atomic mass is 9.54. The summed E-state index contributed by atoms with van der Waals surface area (Å²) in [6, 6.07) is 0.195. The standard InChI is InChI=1S/C26H37N3O6S/c1-26(2,25(33)27-12-19(30)31)13-34-24-22(36-18-5-3-4-6-18)21(35-29-24)23(32)28-20-16-8-14-7-15(10-16)11-17(20)9-14/h14-18,20H,3-13H2,1-2H3,(H,27,33)(H,28,32)(H,30,31). The number of nitrogens with zero attached hydrogens (tertiary/aromatic N) is 1. The van der Waals surface area contributed by atoms with Gasteiger partial charge in [0.1, 0.15) is 18.0 Å². The average Bonchev–Trinajstić information content (AvgIpc) is 3.48. The molecule has 0 aliphatic heterocycles. The molecule has 1 heterocycles. The van der Waals surface area contributed by atoms with Crippen LogP contribution in [0.2, 0.25) is 0 Å². The minimum absolute atomic E-state index is 0.0280. The first kappa shape index (κ1) is 25.4. The van der Waals surface area contributed by atoms with Crippen molar-refractivity contribution in [3.05, 3.63) is 5.76 Å². The Labute approximate surface area is 215 Å². The Balaban J connectivity index is 1.29. The molecule has 9 nitrogen and oxygen atoms in total. The van der Waals surface area contributed by atoms with Gasteiger partial charge in [-0.3, -0.25) is 14.4 Å². The van der Waals surface area contributed by atoms with Crippen LogP contribution in [-0.2, 0) is 9.59 Å². The van der Waals surface area contributed by atoms with E-state index < -0.39 is 23.8 Å². The van der Waals surface area contributed by atoms with Crippen LogP contribution < -0.4 is 15.4 Å². The smallest absolute Gasteiger partial charge is 0.322 e.